The number of aliphatic carboxylic acids is 1. The third-order valence-corrected chi connectivity index (χ3v) is 5.13. The first-order valence-corrected chi connectivity index (χ1v) is 9.46. The molecule has 0 atom stereocenters. The lowest BCUT2D eigenvalue weighted by atomic mass is 10.1. The molecule has 138 valence electrons. The molecule has 0 radical (unpaired) electrons. The van der Waals surface area contributed by atoms with Crippen molar-refractivity contribution in [3.05, 3.63) is 64.6 Å². The standard InChI is InChI=1S/C20H17NO4S2/c1-13-5-4-7-15(11-13)21-19(24)17(27-20(21)26)12-14-6-2-3-8-16(14)25-10-9-18(22)23/h2-8,11-12H,9-10H2,1H3,(H,22,23)/b17-12+. The van der Waals surface area contributed by atoms with Crippen molar-refractivity contribution in [1.29, 1.82) is 0 Å². The lowest BCUT2D eigenvalue weighted by Gasteiger charge is -2.14. The van der Waals surface area contributed by atoms with Crippen LogP contribution in [0.25, 0.3) is 6.08 Å². The maximum Gasteiger partial charge on any atom is 0.306 e. The van der Waals surface area contributed by atoms with Gasteiger partial charge >= 0.3 is 5.97 Å². The van der Waals surface area contributed by atoms with E-state index in [0.29, 0.717) is 20.5 Å². The van der Waals surface area contributed by atoms with Gasteiger partial charge in [-0.05, 0) is 36.8 Å². The molecule has 1 aliphatic rings. The van der Waals surface area contributed by atoms with E-state index < -0.39 is 5.97 Å². The smallest absolute Gasteiger partial charge is 0.306 e. The zero-order valence-electron chi connectivity index (χ0n) is 14.5. The molecule has 1 aliphatic heterocycles. The van der Waals surface area contributed by atoms with Crippen molar-refractivity contribution in [1.82, 2.24) is 0 Å². The summed E-state index contributed by atoms with van der Waals surface area (Å²) >= 11 is 6.63. The van der Waals surface area contributed by atoms with Crippen LogP contribution in [0.1, 0.15) is 17.5 Å². The Morgan fingerprint density at radius 2 is 2.04 bits per heavy atom. The highest BCUT2D eigenvalue weighted by atomic mass is 32.2. The van der Waals surface area contributed by atoms with Crippen molar-refractivity contribution < 1.29 is 19.4 Å². The van der Waals surface area contributed by atoms with Crippen LogP contribution in [0.2, 0.25) is 0 Å². The molecule has 3 rings (SSSR count). The molecule has 0 spiro atoms. The molecule has 1 saturated heterocycles. The lowest BCUT2D eigenvalue weighted by Crippen LogP contribution is -2.27. The highest BCUT2D eigenvalue weighted by Crippen LogP contribution is 2.37. The van der Waals surface area contributed by atoms with E-state index in [2.05, 4.69) is 0 Å². The summed E-state index contributed by atoms with van der Waals surface area (Å²) in [4.78, 5) is 25.6. The summed E-state index contributed by atoms with van der Waals surface area (Å²) in [6.07, 6.45) is 1.63. The molecule has 7 heteroatoms. The second-order valence-corrected chi connectivity index (χ2v) is 7.56. The van der Waals surface area contributed by atoms with Gasteiger partial charge in [-0.1, -0.05) is 54.3 Å². The van der Waals surface area contributed by atoms with E-state index in [-0.39, 0.29) is 18.9 Å². The second-order valence-electron chi connectivity index (χ2n) is 5.89. The van der Waals surface area contributed by atoms with E-state index >= 15 is 0 Å². The molecule has 2 aromatic carbocycles. The van der Waals surface area contributed by atoms with E-state index in [0.717, 1.165) is 11.3 Å². The number of hydrogen-bond donors (Lipinski definition) is 1. The summed E-state index contributed by atoms with van der Waals surface area (Å²) in [5.41, 5.74) is 2.49. The highest BCUT2D eigenvalue weighted by molar-refractivity contribution is 8.27. The summed E-state index contributed by atoms with van der Waals surface area (Å²) in [6.45, 7) is 2.02. The van der Waals surface area contributed by atoms with Gasteiger partial charge in [0.25, 0.3) is 5.91 Å². The van der Waals surface area contributed by atoms with Gasteiger partial charge in [0.05, 0.1) is 23.6 Å². The number of nitrogens with zero attached hydrogens (tertiary/aromatic N) is 1. The van der Waals surface area contributed by atoms with Crippen molar-refractivity contribution in [2.75, 3.05) is 11.5 Å². The number of para-hydroxylation sites is 1. The van der Waals surface area contributed by atoms with Crippen LogP contribution < -0.4 is 9.64 Å². The Kier molecular flexibility index (Phi) is 5.93. The summed E-state index contributed by atoms with van der Waals surface area (Å²) in [5.74, 6) is -0.581. The Hall–Kier alpha value is -2.64. The first kappa shape index (κ1) is 19.1. The molecule has 2 aromatic rings. The van der Waals surface area contributed by atoms with Gasteiger partial charge in [-0.25, -0.2) is 0 Å². The van der Waals surface area contributed by atoms with Gasteiger partial charge in [-0.15, -0.1) is 0 Å². The number of carboxylic acid groups (broad SMARTS) is 1. The van der Waals surface area contributed by atoms with Gasteiger partial charge < -0.3 is 9.84 Å². The quantitative estimate of drug-likeness (QED) is 0.578. The molecule has 0 bridgehead atoms. The number of carbonyl (C=O) groups is 2. The molecule has 1 heterocycles. The number of ether oxygens (including phenoxy) is 1. The molecular weight excluding hydrogens is 382 g/mol. The van der Waals surface area contributed by atoms with E-state index in [1.165, 1.54) is 16.7 Å². The minimum atomic E-state index is -0.925. The molecule has 0 unspecified atom stereocenters. The van der Waals surface area contributed by atoms with Gasteiger partial charge in [0.1, 0.15) is 5.75 Å². The number of thioether (sulfide) groups is 1. The number of carboxylic acids is 1. The fourth-order valence-corrected chi connectivity index (χ4v) is 3.87. The zero-order valence-corrected chi connectivity index (χ0v) is 16.2. The lowest BCUT2D eigenvalue weighted by molar-refractivity contribution is -0.137. The van der Waals surface area contributed by atoms with Gasteiger partial charge in [-0.2, -0.15) is 0 Å². The first-order valence-electron chi connectivity index (χ1n) is 8.24. The Bertz CT molecular complexity index is 939. The van der Waals surface area contributed by atoms with E-state index in [1.807, 2.05) is 43.3 Å². The number of anilines is 1. The second kappa shape index (κ2) is 8.37. The molecule has 0 saturated carbocycles. The van der Waals surface area contributed by atoms with Crippen LogP contribution in [0.4, 0.5) is 5.69 Å². The zero-order chi connectivity index (χ0) is 19.4. The summed E-state index contributed by atoms with van der Waals surface area (Å²) < 4.78 is 6.03. The molecule has 0 aromatic heterocycles. The third-order valence-electron chi connectivity index (χ3n) is 3.83. The molecule has 1 amide bonds. The average molecular weight is 399 g/mol. The summed E-state index contributed by atoms with van der Waals surface area (Å²) in [6, 6.07) is 14.8. The minimum absolute atomic E-state index is 0.0600. The van der Waals surface area contributed by atoms with E-state index in [4.69, 9.17) is 22.1 Å². The largest absolute Gasteiger partial charge is 0.492 e. The number of thiocarbonyl (C=S) groups is 1. The monoisotopic (exact) mass is 399 g/mol. The number of rotatable bonds is 6. The van der Waals surface area contributed by atoms with Crippen LogP contribution in [-0.2, 0) is 9.59 Å². The minimum Gasteiger partial charge on any atom is -0.492 e. The van der Waals surface area contributed by atoms with Crippen LogP contribution in [0.15, 0.2) is 53.4 Å². The van der Waals surface area contributed by atoms with Crippen LogP contribution in [0.3, 0.4) is 0 Å². The number of hydrogen-bond acceptors (Lipinski definition) is 5. The average Bonchev–Trinajstić information content (AvgIpc) is 2.89. The number of amides is 1. The Balaban J connectivity index is 1.85. The predicted octanol–water partition coefficient (Wildman–Crippen LogP) is 4.25. The van der Waals surface area contributed by atoms with Crippen LogP contribution in [-0.4, -0.2) is 27.9 Å². The Morgan fingerprint density at radius 1 is 1.26 bits per heavy atom. The molecule has 27 heavy (non-hydrogen) atoms. The molecular formula is C20H17NO4S2. The SMILES string of the molecule is Cc1cccc(N2C(=O)/C(=C\c3ccccc3OCCC(=O)O)SC2=S)c1. The van der Waals surface area contributed by atoms with Crippen LogP contribution in [0, 0.1) is 6.92 Å². The first-order chi connectivity index (χ1) is 13.0. The number of benzene rings is 2. The number of aryl methyl sites for hydroxylation is 1. The van der Waals surface area contributed by atoms with E-state index in [1.54, 1.807) is 18.2 Å². The summed E-state index contributed by atoms with van der Waals surface area (Å²) in [7, 11) is 0. The van der Waals surface area contributed by atoms with E-state index in [9.17, 15) is 9.59 Å². The summed E-state index contributed by atoms with van der Waals surface area (Å²) in [5, 5.41) is 8.75. The van der Waals surface area contributed by atoms with Gasteiger partial charge in [-0.3, -0.25) is 14.5 Å². The fraction of sp³-hybridized carbons (Fsp3) is 0.150. The topological polar surface area (TPSA) is 66.8 Å². The normalized spacial score (nSPS) is 15.4. The molecule has 1 fully saturated rings. The van der Waals surface area contributed by atoms with Gasteiger partial charge in [0.2, 0.25) is 0 Å². The van der Waals surface area contributed by atoms with Gasteiger partial charge in [0, 0.05) is 5.56 Å². The van der Waals surface area contributed by atoms with Crippen LogP contribution in [0.5, 0.6) is 5.75 Å². The van der Waals surface area contributed by atoms with Crippen LogP contribution >= 0.6 is 24.0 Å². The maximum absolute atomic E-state index is 12.9. The maximum atomic E-state index is 12.9. The predicted molar refractivity (Wildman–Crippen MR) is 111 cm³/mol. The highest BCUT2D eigenvalue weighted by Gasteiger charge is 2.33. The molecule has 5 nitrogen and oxygen atoms in total. The fourth-order valence-electron chi connectivity index (χ4n) is 2.58. The van der Waals surface area contributed by atoms with Gasteiger partial charge in [0.15, 0.2) is 4.32 Å². The van der Waals surface area contributed by atoms with Crippen molar-refractivity contribution in [3.8, 4) is 5.75 Å². The Morgan fingerprint density at radius 3 is 2.78 bits per heavy atom. The van der Waals surface area contributed by atoms with Crippen molar-refractivity contribution in [2.45, 2.75) is 13.3 Å². The van der Waals surface area contributed by atoms with Crippen molar-refractivity contribution in [2.24, 2.45) is 0 Å². The Labute approximate surface area is 166 Å². The van der Waals surface area contributed by atoms with Crippen molar-refractivity contribution >= 4 is 51.9 Å². The third kappa shape index (κ3) is 4.56. The van der Waals surface area contributed by atoms with Crippen molar-refractivity contribution in [3.63, 3.8) is 0 Å². The molecule has 1 N–H and O–H groups in total. The molecule has 0 aliphatic carbocycles. The number of carbonyl (C=O) groups excluding carboxylic acids is 1.